The second kappa shape index (κ2) is 14.3. The Morgan fingerprint density at radius 3 is 2.55 bits per heavy atom. The van der Waals surface area contributed by atoms with Gasteiger partial charge in [0.2, 0.25) is 21.8 Å². The summed E-state index contributed by atoms with van der Waals surface area (Å²) in [6, 6.07) is 2.82. The summed E-state index contributed by atoms with van der Waals surface area (Å²) < 4.78 is 48.0. The van der Waals surface area contributed by atoms with E-state index in [1.54, 1.807) is 12.1 Å². The first-order chi connectivity index (χ1) is 24.4. The Morgan fingerprint density at radius 2 is 1.80 bits per heavy atom. The van der Waals surface area contributed by atoms with E-state index < -0.39 is 68.6 Å². The van der Waals surface area contributed by atoms with E-state index in [-0.39, 0.29) is 38.4 Å². The zero-order chi connectivity index (χ0) is 35.9. The number of ether oxygens (including phenoxy) is 1. The van der Waals surface area contributed by atoms with E-state index in [2.05, 4.69) is 15.4 Å². The van der Waals surface area contributed by atoms with Crippen LogP contribution in [0.3, 0.4) is 0 Å². The van der Waals surface area contributed by atoms with Crippen LogP contribution >= 0.6 is 12.2 Å². The zero-order valence-corrected chi connectivity index (χ0v) is 30.1. The molecular formula is C35H45FN6O7S2. The quantitative estimate of drug-likeness (QED) is 0.303. The Balaban J connectivity index is 1.13. The second-order valence-electron chi connectivity index (χ2n) is 14.7. The number of nitrogens with one attached hydrogen (secondary N) is 3. The van der Waals surface area contributed by atoms with Gasteiger partial charge in [0.1, 0.15) is 29.5 Å². The summed E-state index contributed by atoms with van der Waals surface area (Å²) in [6.45, 7) is 1.71. The predicted octanol–water partition coefficient (Wildman–Crippen LogP) is 2.59. The molecule has 6 aliphatic rings. The molecule has 2 saturated carbocycles. The Morgan fingerprint density at radius 1 is 1.02 bits per heavy atom. The summed E-state index contributed by atoms with van der Waals surface area (Å²) >= 11 is 5.71. The largest absolute Gasteiger partial charge is 0.444 e. The number of benzene rings is 1. The van der Waals surface area contributed by atoms with Crippen molar-refractivity contribution in [2.24, 2.45) is 5.92 Å². The highest BCUT2D eigenvalue weighted by Gasteiger charge is 2.62. The van der Waals surface area contributed by atoms with Gasteiger partial charge in [-0.05, 0) is 75.2 Å². The monoisotopic (exact) mass is 744 g/mol. The van der Waals surface area contributed by atoms with Crippen molar-refractivity contribution < 1.29 is 36.7 Å². The summed E-state index contributed by atoms with van der Waals surface area (Å²) in [5.74, 6) is -2.64. The van der Waals surface area contributed by atoms with Gasteiger partial charge in [0, 0.05) is 37.5 Å². The number of sulfonamides is 1. The van der Waals surface area contributed by atoms with E-state index in [0.717, 1.165) is 51.6 Å². The van der Waals surface area contributed by atoms with Gasteiger partial charge in [0.15, 0.2) is 5.11 Å². The predicted molar refractivity (Wildman–Crippen MR) is 188 cm³/mol. The molecule has 1 aromatic carbocycles. The van der Waals surface area contributed by atoms with Gasteiger partial charge in [-0.2, -0.15) is 0 Å². The van der Waals surface area contributed by atoms with Gasteiger partial charge in [-0.3, -0.25) is 24.0 Å². The van der Waals surface area contributed by atoms with Crippen LogP contribution in [0.4, 0.5) is 9.18 Å². The number of carbonyl (C=O) groups is 4. The first-order valence-corrected chi connectivity index (χ1v) is 20.0. The number of halogens is 1. The lowest BCUT2D eigenvalue weighted by atomic mass is 10.0. The number of nitrogens with zero attached hydrogens (tertiary/aromatic N) is 3. The molecule has 4 fully saturated rings. The number of thiocarbonyl (C=S) groups is 1. The van der Waals surface area contributed by atoms with Crippen molar-refractivity contribution in [2.75, 3.05) is 19.6 Å². The minimum atomic E-state index is -3.89. The molecule has 4 amide bonds. The minimum absolute atomic E-state index is 0.0381. The highest BCUT2D eigenvalue weighted by atomic mass is 32.2. The van der Waals surface area contributed by atoms with E-state index in [1.165, 1.54) is 15.9 Å². The number of rotatable bonds is 5. The fourth-order valence-corrected chi connectivity index (χ4v) is 9.42. The molecule has 5 atom stereocenters. The SMILES string of the molecule is O=C1N[C@]2(C(=O)NS(=O)(=O)C3CC3)C[C@H]2/C=C\CCCCC[C@H](NC(=S)N2CCCC2)C(=O)N2CC(OC(=O)N3Cc4cccc(F)c4C3)C[C@@H]12. The number of allylic oxidation sites excluding steroid dienone is 1. The third-order valence-corrected chi connectivity index (χ3v) is 13.2. The Hall–Kier alpha value is -3.79. The summed E-state index contributed by atoms with van der Waals surface area (Å²) in [6.07, 6.45) is 8.99. The van der Waals surface area contributed by atoms with Crippen molar-refractivity contribution in [2.45, 2.75) is 113 Å². The van der Waals surface area contributed by atoms with Crippen LogP contribution in [0.15, 0.2) is 30.4 Å². The fourth-order valence-electron chi connectivity index (χ4n) is 7.74. The standard InChI is InChI=1S/C35H45FN6O7S2/c36-27-11-8-9-22-19-41(21-26(22)27)34(46)49-24-17-29-30(43)38-35(32(45)39-51(47,48)25-13-14-25)18-23(35)10-4-2-1-3-5-12-28(31(44)42(29)20-24)37-33(50)40-15-6-7-16-40/h4,8-11,23-25,28-29H,1-3,5-7,12-21H2,(H,37,50)(H,38,43)(H,39,45)/b10-4-/t23-,24?,28+,29+,35-/m1/s1. The lowest BCUT2D eigenvalue weighted by Crippen LogP contribution is -2.58. The van der Waals surface area contributed by atoms with Gasteiger partial charge in [-0.1, -0.05) is 37.1 Å². The first kappa shape index (κ1) is 35.6. The maximum Gasteiger partial charge on any atom is 0.410 e. The molecule has 7 rings (SSSR count). The number of carbonyl (C=O) groups excluding carboxylic acids is 4. The van der Waals surface area contributed by atoms with Crippen LogP contribution in [0.25, 0.3) is 0 Å². The molecule has 0 spiro atoms. The summed E-state index contributed by atoms with van der Waals surface area (Å²) in [5, 5.41) is 5.97. The highest BCUT2D eigenvalue weighted by Crippen LogP contribution is 2.46. The van der Waals surface area contributed by atoms with E-state index in [4.69, 9.17) is 17.0 Å². The van der Waals surface area contributed by atoms with Gasteiger partial charge in [0.05, 0.1) is 18.3 Å². The molecule has 16 heteroatoms. The van der Waals surface area contributed by atoms with Gasteiger partial charge >= 0.3 is 6.09 Å². The Kier molecular flexibility index (Phi) is 10.00. The molecule has 0 radical (unpaired) electrons. The molecule has 3 N–H and O–H groups in total. The van der Waals surface area contributed by atoms with Crippen molar-refractivity contribution in [3.05, 3.63) is 47.3 Å². The first-order valence-electron chi connectivity index (χ1n) is 18.1. The average Bonchev–Trinajstić information content (AvgIpc) is 3.85. The number of hydrogen-bond donors (Lipinski definition) is 3. The van der Waals surface area contributed by atoms with Crippen molar-refractivity contribution in [1.29, 1.82) is 0 Å². The molecule has 2 aliphatic carbocycles. The highest BCUT2D eigenvalue weighted by molar-refractivity contribution is 7.91. The second-order valence-corrected chi connectivity index (χ2v) is 17.0. The number of hydrogen-bond acceptors (Lipinski definition) is 8. The molecular weight excluding hydrogens is 700 g/mol. The molecule has 1 unspecified atom stereocenters. The van der Waals surface area contributed by atoms with Crippen molar-refractivity contribution in [1.82, 2.24) is 30.1 Å². The van der Waals surface area contributed by atoms with Crippen LogP contribution in [0.2, 0.25) is 0 Å². The fraction of sp³-hybridized carbons (Fsp3) is 0.629. The van der Waals surface area contributed by atoms with Crippen LogP contribution in [-0.4, -0.2) is 101 Å². The lowest BCUT2D eigenvalue weighted by Gasteiger charge is -2.31. The number of amides is 4. The molecule has 0 bridgehead atoms. The molecule has 4 heterocycles. The maximum absolute atomic E-state index is 14.5. The summed E-state index contributed by atoms with van der Waals surface area (Å²) in [4.78, 5) is 60.5. The van der Waals surface area contributed by atoms with Crippen LogP contribution in [-0.2, 0) is 42.2 Å². The van der Waals surface area contributed by atoms with Crippen molar-refractivity contribution in [3.8, 4) is 0 Å². The molecule has 51 heavy (non-hydrogen) atoms. The normalized spacial score (nSPS) is 30.3. The Bertz CT molecular complexity index is 1730. The lowest BCUT2D eigenvalue weighted by molar-refractivity contribution is -0.141. The summed E-state index contributed by atoms with van der Waals surface area (Å²) in [5.41, 5.74) is -0.394. The van der Waals surface area contributed by atoms with Crippen LogP contribution in [0.1, 0.15) is 81.8 Å². The molecule has 2 saturated heterocycles. The van der Waals surface area contributed by atoms with Crippen molar-refractivity contribution >= 4 is 51.2 Å². The van der Waals surface area contributed by atoms with Gasteiger partial charge in [-0.25, -0.2) is 17.6 Å². The van der Waals surface area contributed by atoms with Gasteiger partial charge in [-0.15, -0.1) is 0 Å². The van der Waals surface area contributed by atoms with E-state index in [0.29, 0.717) is 35.5 Å². The molecule has 13 nitrogen and oxygen atoms in total. The summed E-state index contributed by atoms with van der Waals surface area (Å²) in [7, 11) is -3.89. The maximum atomic E-state index is 14.5. The van der Waals surface area contributed by atoms with Gasteiger partial charge in [0.25, 0.3) is 5.91 Å². The number of fused-ring (bicyclic) bond motifs is 3. The molecule has 276 valence electrons. The van der Waals surface area contributed by atoms with E-state index in [9.17, 15) is 32.0 Å². The molecule has 4 aliphatic heterocycles. The number of likely N-dealkylation sites (tertiary alicyclic amines) is 1. The van der Waals surface area contributed by atoms with Crippen LogP contribution < -0.4 is 15.4 Å². The smallest absolute Gasteiger partial charge is 0.410 e. The average molecular weight is 745 g/mol. The van der Waals surface area contributed by atoms with E-state index >= 15 is 0 Å². The van der Waals surface area contributed by atoms with E-state index in [1.807, 2.05) is 17.1 Å². The minimum Gasteiger partial charge on any atom is -0.444 e. The zero-order valence-electron chi connectivity index (χ0n) is 28.5. The van der Waals surface area contributed by atoms with Crippen LogP contribution in [0.5, 0.6) is 0 Å². The third-order valence-electron chi connectivity index (χ3n) is 11.0. The third kappa shape index (κ3) is 7.57. The Labute approximate surface area is 302 Å². The molecule has 0 aromatic heterocycles. The molecule has 1 aromatic rings. The van der Waals surface area contributed by atoms with Crippen molar-refractivity contribution in [3.63, 3.8) is 0 Å². The topological polar surface area (TPSA) is 157 Å². The van der Waals surface area contributed by atoms with Crippen LogP contribution in [0, 0.1) is 11.7 Å². The van der Waals surface area contributed by atoms with Gasteiger partial charge < -0.3 is 25.2 Å².